The van der Waals surface area contributed by atoms with Gasteiger partial charge in [0.25, 0.3) is 5.56 Å². The van der Waals surface area contributed by atoms with Gasteiger partial charge < -0.3 is 14.9 Å². The van der Waals surface area contributed by atoms with Crippen molar-refractivity contribution in [3.05, 3.63) is 106 Å². The number of fused-ring (bicyclic) bond motifs is 1. The van der Waals surface area contributed by atoms with Crippen molar-refractivity contribution in [2.45, 2.75) is 19.8 Å². The molecule has 0 spiro atoms. The summed E-state index contributed by atoms with van der Waals surface area (Å²) in [5, 5.41) is 3.32. The van der Waals surface area contributed by atoms with Gasteiger partial charge in [-0.25, -0.2) is 13.8 Å². The van der Waals surface area contributed by atoms with E-state index in [-0.39, 0.29) is 23.1 Å². The minimum Gasteiger partial charge on any atom is -0.354 e. The molecule has 1 amide bonds. The van der Waals surface area contributed by atoms with Crippen molar-refractivity contribution in [1.29, 1.82) is 0 Å². The molecule has 37 heavy (non-hydrogen) atoms. The first-order valence-electron chi connectivity index (χ1n) is 11.7. The first-order valence-corrected chi connectivity index (χ1v) is 11.7. The fraction of sp³-hybridized carbons (Fsp3) is 0.138. The van der Waals surface area contributed by atoms with Crippen LogP contribution in [0.25, 0.3) is 33.3 Å². The van der Waals surface area contributed by atoms with Gasteiger partial charge in [-0.15, -0.1) is 0 Å². The standard InChI is InChI=1S/C29H24F2N4O2/c1-16-15-35(3)29(37)25-24(19-6-10-22(31)11-7-19)27(34-26(16)25)20-12-13-32-23(14-20)33-28(36)17(2)18-4-8-21(30)9-5-18/h4-15,17,34H,1-3H3,(H,32,33,36)/t17-/m1/s1. The average Bonchev–Trinajstić information content (AvgIpc) is 3.29. The lowest BCUT2D eigenvalue weighted by Gasteiger charge is -2.13. The van der Waals surface area contributed by atoms with Crippen molar-refractivity contribution in [1.82, 2.24) is 14.5 Å². The lowest BCUT2D eigenvalue weighted by Crippen LogP contribution is -2.19. The van der Waals surface area contributed by atoms with Crippen LogP contribution in [0.15, 0.2) is 77.9 Å². The van der Waals surface area contributed by atoms with Crippen LogP contribution in [0.2, 0.25) is 0 Å². The third-order valence-electron chi connectivity index (χ3n) is 6.51. The van der Waals surface area contributed by atoms with Crippen molar-refractivity contribution in [2.75, 3.05) is 5.32 Å². The van der Waals surface area contributed by atoms with E-state index < -0.39 is 5.92 Å². The third-order valence-corrected chi connectivity index (χ3v) is 6.51. The number of nitrogens with one attached hydrogen (secondary N) is 2. The van der Waals surface area contributed by atoms with E-state index >= 15 is 0 Å². The molecule has 0 saturated heterocycles. The zero-order valence-corrected chi connectivity index (χ0v) is 20.5. The highest BCUT2D eigenvalue weighted by atomic mass is 19.1. The van der Waals surface area contributed by atoms with E-state index in [0.29, 0.717) is 44.7 Å². The monoisotopic (exact) mass is 498 g/mol. The molecule has 0 bridgehead atoms. The molecule has 0 radical (unpaired) electrons. The van der Waals surface area contributed by atoms with Crippen LogP contribution in [0.4, 0.5) is 14.6 Å². The molecule has 2 N–H and O–H groups in total. The number of anilines is 1. The maximum absolute atomic E-state index is 13.7. The number of rotatable bonds is 5. The minimum absolute atomic E-state index is 0.182. The number of hydrogen-bond donors (Lipinski definition) is 2. The Morgan fingerprint density at radius 2 is 1.65 bits per heavy atom. The van der Waals surface area contributed by atoms with Gasteiger partial charge in [0, 0.05) is 30.6 Å². The maximum atomic E-state index is 13.7. The molecule has 186 valence electrons. The number of amides is 1. The molecule has 0 aliphatic heterocycles. The van der Waals surface area contributed by atoms with E-state index in [9.17, 15) is 18.4 Å². The number of H-pyrrole nitrogens is 1. The summed E-state index contributed by atoms with van der Waals surface area (Å²) in [4.78, 5) is 33.8. The normalized spacial score (nSPS) is 12.0. The second-order valence-corrected chi connectivity index (χ2v) is 9.05. The maximum Gasteiger partial charge on any atom is 0.260 e. The number of pyridine rings is 2. The summed E-state index contributed by atoms with van der Waals surface area (Å²) in [6, 6.07) is 15.3. The first-order chi connectivity index (χ1) is 17.7. The number of nitrogens with zero attached hydrogens (tertiary/aromatic N) is 2. The van der Waals surface area contributed by atoms with Crippen LogP contribution in [-0.2, 0) is 11.8 Å². The summed E-state index contributed by atoms with van der Waals surface area (Å²) in [6.07, 6.45) is 3.33. The smallest absolute Gasteiger partial charge is 0.260 e. The Kier molecular flexibility index (Phi) is 6.17. The van der Waals surface area contributed by atoms with Crippen LogP contribution < -0.4 is 10.9 Å². The molecule has 8 heteroatoms. The van der Waals surface area contributed by atoms with Gasteiger partial charge in [-0.1, -0.05) is 24.3 Å². The van der Waals surface area contributed by atoms with E-state index in [4.69, 9.17) is 0 Å². The van der Waals surface area contributed by atoms with Gasteiger partial charge in [0.15, 0.2) is 0 Å². The topological polar surface area (TPSA) is 79.8 Å². The number of hydrogen-bond acceptors (Lipinski definition) is 3. The Labute approximate surface area is 211 Å². The van der Waals surface area contributed by atoms with Gasteiger partial charge in [-0.3, -0.25) is 9.59 Å². The number of benzene rings is 2. The molecule has 1 atom stereocenters. The predicted octanol–water partition coefficient (Wildman–Crippen LogP) is 5.92. The van der Waals surface area contributed by atoms with Crippen molar-refractivity contribution in [3.63, 3.8) is 0 Å². The summed E-state index contributed by atoms with van der Waals surface area (Å²) < 4.78 is 28.5. The zero-order valence-electron chi connectivity index (χ0n) is 20.5. The highest BCUT2D eigenvalue weighted by molar-refractivity contribution is 6.04. The molecule has 3 aromatic heterocycles. The number of carbonyl (C=O) groups excluding carboxylic acids is 1. The summed E-state index contributed by atoms with van der Waals surface area (Å²) in [6.45, 7) is 3.64. The van der Waals surface area contributed by atoms with Gasteiger partial charge in [0.1, 0.15) is 17.5 Å². The Balaban J connectivity index is 1.59. The van der Waals surface area contributed by atoms with Crippen LogP contribution in [0.5, 0.6) is 0 Å². The van der Waals surface area contributed by atoms with Crippen molar-refractivity contribution in [2.24, 2.45) is 7.05 Å². The molecule has 0 fully saturated rings. The number of aromatic nitrogens is 3. The zero-order chi connectivity index (χ0) is 26.3. The van der Waals surface area contributed by atoms with Crippen molar-refractivity contribution >= 4 is 22.6 Å². The van der Waals surface area contributed by atoms with Crippen LogP contribution in [0.1, 0.15) is 24.0 Å². The Hall–Kier alpha value is -4.59. The van der Waals surface area contributed by atoms with Crippen LogP contribution in [0, 0.1) is 18.6 Å². The molecular formula is C29H24F2N4O2. The molecule has 3 heterocycles. The van der Waals surface area contributed by atoms with Gasteiger partial charge >= 0.3 is 0 Å². The SMILES string of the molecule is Cc1cn(C)c(=O)c2c(-c3ccc(F)cc3)c(-c3ccnc(NC(=O)[C@H](C)c4ccc(F)cc4)c3)[nH]c12. The largest absolute Gasteiger partial charge is 0.354 e. The van der Waals surface area contributed by atoms with Crippen LogP contribution in [-0.4, -0.2) is 20.4 Å². The van der Waals surface area contributed by atoms with Gasteiger partial charge in [0.2, 0.25) is 5.91 Å². The molecule has 6 nitrogen and oxygen atoms in total. The minimum atomic E-state index is -0.528. The van der Waals surface area contributed by atoms with E-state index in [1.54, 1.807) is 62.8 Å². The average molecular weight is 499 g/mol. The predicted molar refractivity (Wildman–Crippen MR) is 140 cm³/mol. The Bertz CT molecular complexity index is 1690. The fourth-order valence-electron chi connectivity index (χ4n) is 4.51. The second kappa shape index (κ2) is 9.46. The highest BCUT2D eigenvalue weighted by Gasteiger charge is 2.21. The number of aromatic amines is 1. The second-order valence-electron chi connectivity index (χ2n) is 9.05. The lowest BCUT2D eigenvalue weighted by atomic mass is 9.98. The first kappa shape index (κ1) is 24.1. The molecule has 0 aliphatic rings. The van der Waals surface area contributed by atoms with E-state index in [0.717, 1.165) is 5.56 Å². The quantitative estimate of drug-likeness (QED) is 0.316. The number of carbonyl (C=O) groups is 1. The van der Waals surface area contributed by atoms with Crippen LogP contribution >= 0.6 is 0 Å². The Morgan fingerprint density at radius 1 is 1.00 bits per heavy atom. The summed E-state index contributed by atoms with van der Waals surface area (Å²) in [5.74, 6) is -1.25. The number of halogens is 2. The van der Waals surface area contributed by atoms with Gasteiger partial charge in [-0.05, 0) is 66.9 Å². The van der Waals surface area contributed by atoms with Crippen LogP contribution in [0.3, 0.4) is 0 Å². The van der Waals surface area contributed by atoms with Gasteiger partial charge in [-0.2, -0.15) is 0 Å². The molecule has 0 aliphatic carbocycles. The van der Waals surface area contributed by atoms with Gasteiger partial charge in [0.05, 0.1) is 22.5 Å². The van der Waals surface area contributed by atoms with Crippen molar-refractivity contribution in [3.8, 4) is 22.4 Å². The highest BCUT2D eigenvalue weighted by Crippen LogP contribution is 2.38. The summed E-state index contributed by atoms with van der Waals surface area (Å²) in [7, 11) is 1.69. The number of aryl methyl sites for hydroxylation is 2. The molecule has 5 aromatic rings. The van der Waals surface area contributed by atoms with E-state index in [1.807, 2.05) is 6.92 Å². The third kappa shape index (κ3) is 4.53. The molecule has 2 aromatic carbocycles. The molecule has 0 saturated carbocycles. The molecular weight excluding hydrogens is 474 g/mol. The molecule has 0 unspecified atom stereocenters. The van der Waals surface area contributed by atoms with E-state index in [1.165, 1.54) is 28.8 Å². The summed E-state index contributed by atoms with van der Waals surface area (Å²) in [5.41, 5.74) is 4.72. The lowest BCUT2D eigenvalue weighted by molar-refractivity contribution is -0.117. The van der Waals surface area contributed by atoms with E-state index in [2.05, 4.69) is 15.3 Å². The Morgan fingerprint density at radius 3 is 2.32 bits per heavy atom. The van der Waals surface area contributed by atoms with Crippen molar-refractivity contribution < 1.29 is 13.6 Å². The molecule has 5 rings (SSSR count). The fourth-order valence-corrected chi connectivity index (χ4v) is 4.51. The summed E-state index contributed by atoms with van der Waals surface area (Å²) >= 11 is 0.